The van der Waals surface area contributed by atoms with Gasteiger partial charge in [-0.15, -0.1) is 0 Å². The predicted molar refractivity (Wildman–Crippen MR) is 87.5 cm³/mol. The van der Waals surface area contributed by atoms with Crippen LogP contribution in [-0.2, 0) is 0 Å². The highest BCUT2D eigenvalue weighted by atomic mass is 15.4. The predicted octanol–water partition coefficient (Wildman–Crippen LogP) is 1.06. The lowest BCUT2D eigenvalue weighted by Gasteiger charge is -2.32. The van der Waals surface area contributed by atoms with Crippen molar-refractivity contribution in [2.75, 3.05) is 55.4 Å². The van der Waals surface area contributed by atoms with E-state index < -0.39 is 0 Å². The highest BCUT2D eigenvalue weighted by Gasteiger charge is 2.16. The molecule has 0 saturated carbocycles. The fourth-order valence-corrected chi connectivity index (χ4v) is 1.67. The molecule has 0 saturated heterocycles. The van der Waals surface area contributed by atoms with Crippen LogP contribution in [0, 0.1) is 5.41 Å². The SMILES string of the molecule is CN(C)C(=N)N(C)CCN(C)C(=NC(C)(C)C)N(C)C. The van der Waals surface area contributed by atoms with Gasteiger partial charge in [-0.3, -0.25) is 5.41 Å². The van der Waals surface area contributed by atoms with Crippen molar-refractivity contribution >= 4 is 11.9 Å². The number of hydrogen-bond acceptors (Lipinski definition) is 2. The van der Waals surface area contributed by atoms with Crippen molar-refractivity contribution in [1.82, 2.24) is 19.6 Å². The zero-order valence-corrected chi connectivity index (χ0v) is 14.7. The average Bonchev–Trinajstić information content (AvgIpc) is 2.29. The van der Waals surface area contributed by atoms with Crippen LogP contribution in [0.1, 0.15) is 20.8 Å². The Morgan fingerprint density at radius 2 is 1.30 bits per heavy atom. The molecule has 1 N–H and O–H groups in total. The fraction of sp³-hybridized carbons (Fsp3) is 0.857. The topological polar surface area (TPSA) is 49.2 Å². The van der Waals surface area contributed by atoms with Crippen molar-refractivity contribution in [2.45, 2.75) is 26.3 Å². The third-order valence-corrected chi connectivity index (χ3v) is 2.73. The van der Waals surface area contributed by atoms with E-state index in [2.05, 4.69) is 25.7 Å². The molecule has 0 bridgehead atoms. The minimum Gasteiger partial charge on any atom is -0.349 e. The Bertz CT molecular complexity index is 340. The standard InChI is InChI=1S/C14H32N6/c1-14(2,3)16-13(18(6)7)20(9)11-10-19(8)12(15)17(4)5/h15H,10-11H2,1-9H3. The highest BCUT2D eigenvalue weighted by molar-refractivity contribution is 5.80. The Hall–Kier alpha value is -1.46. The monoisotopic (exact) mass is 284 g/mol. The zero-order chi connectivity index (χ0) is 16.1. The van der Waals surface area contributed by atoms with Crippen LogP contribution in [0.2, 0.25) is 0 Å². The molecule has 0 heterocycles. The summed E-state index contributed by atoms with van der Waals surface area (Å²) < 4.78 is 0. The van der Waals surface area contributed by atoms with E-state index in [1.807, 2.05) is 52.1 Å². The van der Waals surface area contributed by atoms with E-state index in [0.717, 1.165) is 19.0 Å². The third kappa shape index (κ3) is 6.63. The summed E-state index contributed by atoms with van der Waals surface area (Å²) >= 11 is 0. The van der Waals surface area contributed by atoms with Crippen LogP contribution in [0.25, 0.3) is 0 Å². The van der Waals surface area contributed by atoms with E-state index in [-0.39, 0.29) is 5.54 Å². The van der Waals surface area contributed by atoms with Gasteiger partial charge in [0.25, 0.3) is 0 Å². The van der Waals surface area contributed by atoms with E-state index >= 15 is 0 Å². The Balaban J connectivity index is 4.69. The second-order valence-electron chi connectivity index (χ2n) is 6.54. The second kappa shape index (κ2) is 7.36. The van der Waals surface area contributed by atoms with E-state index in [4.69, 9.17) is 10.4 Å². The molecule has 0 unspecified atom stereocenters. The Labute approximate surface area is 124 Å². The van der Waals surface area contributed by atoms with E-state index in [9.17, 15) is 0 Å². The van der Waals surface area contributed by atoms with Crippen LogP contribution < -0.4 is 0 Å². The van der Waals surface area contributed by atoms with Crippen molar-refractivity contribution in [2.24, 2.45) is 4.99 Å². The largest absolute Gasteiger partial charge is 0.349 e. The first-order valence-corrected chi connectivity index (χ1v) is 6.91. The molecule has 20 heavy (non-hydrogen) atoms. The summed E-state index contributed by atoms with van der Waals surface area (Å²) in [5.74, 6) is 1.47. The van der Waals surface area contributed by atoms with E-state index in [1.165, 1.54) is 0 Å². The Kier molecular flexibility index (Phi) is 6.82. The molecule has 0 aromatic carbocycles. The summed E-state index contributed by atoms with van der Waals surface area (Å²) in [5.41, 5.74) is -0.101. The van der Waals surface area contributed by atoms with Gasteiger partial charge >= 0.3 is 0 Å². The average molecular weight is 284 g/mol. The van der Waals surface area contributed by atoms with E-state index in [1.54, 1.807) is 4.90 Å². The van der Waals surface area contributed by atoms with Crippen LogP contribution >= 0.6 is 0 Å². The van der Waals surface area contributed by atoms with Crippen molar-refractivity contribution in [3.63, 3.8) is 0 Å². The van der Waals surface area contributed by atoms with Gasteiger partial charge in [-0.05, 0) is 20.8 Å². The first kappa shape index (κ1) is 18.5. The first-order chi connectivity index (χ1) is 8.95. The minimum absolute atomic E-state index is 0.101. The molecule has 0 spiro atoms. The van der Waals surface area contributed by atoms with Gasteiger partial charge in [0, 0.05) is 55.4 Å². The van der Waals surface area contributed by atoms with Gasteiger partial charge in [0.15, 0.2) is 11.9 Å². The summed E-state index contributed by atoms with van der Waals surface area (Å²) in [4.78, 5) is 12.6. The number of aliphatic imine (C=N–C) groups is 1. The summed E-state index contributed by atoms with van der Waals surface area (Å²) in [5, 5.41) is 7.92. The number of guanidine groups is 2. The molecule has 0 fully saturated rings. The smallest absolute Gasteiger partial charge is 0.196 e. The molecule has 0 rings (SSSR count). The summed E-state index contributed by atoms with van der Waals surface area (Å²) in [6.45, 7) is 7.89. The maximum Gasteiger partial charge on any atom is 0.196 e. The molecule has 118 valence electrons. The summed E-state index contributed by atoms with van der Waals surface area (Å²) in [6.07, 6.45) is 0. The number of likely N-dealkylation sites (N-methyl/N-ethyl adjacent to an activating group) is 2. The number of rotatable bonds is 3. The lowest BCUT2D eigenvalue weighted by Crippen LogP contribution is -2.45. The number of nitrogens with zero attached hydrogens (tertiary/aromatic N) is 5. The molecule has 6 nitrogen and oxygen atoms in total. The molecule has 0 radical (unpaired) electrons. The normalized spacial score (nSPS) is 12.2. The van der Waals surface area contributed by atoms with Gasteiger partial charge in [0.1, 0.15) is 0 Å². The molecule has 0 aromatic rings. The van der Waals surface area contributed by atoms with Crippen molar-refractivity contribution in [3.8, 4) is 0 Å². The molecule has 0 aliphatic heterocycles. The van der Waals surface area contributed by atoms with Gasteiger partial charge in [-0.2, -0.15) is 0 Å². The summed E-state index contributed by atoms with van der Waals surface area (Å²) in [6, 6.07) is 0. The van der Waals surface area contributed by atoms with Gasteiger partial charge < -0.3 is 19.6 Å². The van der Waals surface area contributed by atoms with Gasteiger partial charge in [0.05, 0.1) is 5.54 Å². The van der Waals surface area contributed by atoms with Crippen molar-refractivity contribution in [3.05, 3.63) is 0 Å². The Morgan fingerprint density at radius 3 is 1.65 bits per heavy atom. The lowest BCUT2D eigenvalue weighted by molar-refractivity contribution is 0.348. The van der Waals surface area contributed by atoms with Crippen LogP contribution in [0.4, 0.5) is 0 Å². The number of hydrogen-bond donors (Lipinski definition) is 1. The third-order valence-electron chi connectivity index (χ3n) is 2.73. The van der Waals surface area contributed by atoms with Crippen LogP contribution in [-0.4, -0.2) is 92.4 Å². The minimum atomic E-state index is -0.101. The second-order valence-corrected chi connectivity index (χ2v) is 6.54. The van der Waals surface area contributed by atoms with Crippen molar-refractivity contribution < 1.29 is 0 Å². The first-order valence-electron chi connectivity index (χ1n) is 6.91. The van der Waals surface area contributed by atoms with Gasteiger partial charge in [-0.1, -0.05) is 0 Å². The molecule has 0 aromatic heterocycles. The highest BCUT2D eigenvalue weighted by Crippen LogP contribution is 2.09. The maximum atomic E-state index is 7.92. The lowest BCUT2D eigenvalue weighted by atomic mass is 10.1. The van der Waals surface area contributed by atoms with Crippen LogP contribution in [0.15, 0.2) is 4.99 Å². The Morgan fingerprint density at radius 1 is 0.850 bits per heavy atom. The maximum absolute atomic E-state index is 7.92. The molecule has 0 aliphatic carbocycles. The summed E-state index contributed by atoms with van der Waals surface area (Å²) in [7, 11) is 11.8. The molecular formula is C14H32N6. The van der Waals surface area contributed by atoms with E-state index in [0.29, 0.717) is 5.96 Å². The van der Waals surface area contributed by atoms with Gasteiger partial charge in [0.2, 0.25) is 0 Å². The van der Waals surface area contributed by atoms with Gasteiger partial charge in [-0.25, -0.2) is 4.99 Å². The molecule has 0 atom stereocenters. The molecule has 0 amide bonds. The number of nitrogens with one attached hydrogen (secondary N) is 1. The van der Waals surface area contributed by atoms with Crippen LogP contribution in [0.3, 0.4) is 0 Å². The molecule has 6 heteroatoms. The molecular weight excluding hydrogens is 252 g/mol. The quantitative estimate of drug-likeness (QED) is 0.622. The van der Waals surface area contributed by atoms with Crippen molar-refractivity contribution in [1.29, 1.82) is 5.41 Å². The fourth-order valence-electron chi connectivity index (χ4n) is 1.67. The van der Waals surface area contributed by atoms with Crippen LogP contribution in [0.5, 0.6) is 0 Å². The zero-order valence-electron chi connectivity index (χ0n) is 14.7. The molecule has 0 aliphatic rings.